The van der Waals surface area contributed by atoms with Crippen molar-refractivity contribution in [3.63, 3.8) is 0 Å². The van der Waals surface area contributed by atoms with E-state index in [2.05, 4.69) is 4.98 Å². The molecule has 1 heterocycles. The van der Waals surface area contributed by atoms with E-state index in [1.54, 1.807) is 36.5 Å². The Labute approximate surface area is 106 Å². The molecule has 1 aromatic carbocycles. The molecule has 1 atom stereocenters. The van der Waals surface area contributed by atoms with Crippen molar-refractivity contribution < 1.29 is 13.0 Å². The monoisotopic (exact) mass is 262 g/mol. The van der Waals surface area contributed by atoms with E-state index >= 15 is 0 Å². The highest BCUT2D eigenvalue weighted by atomic mass is 32.2. The summed E-state index contributed by atoms with van der Waals surface area (Å²) in [5.41, 5.74) is 1.36. The van der Waals surface area contributed by atoms with E-state index in [0.29, 0.717) is 5.69 Å². The molecule has 0 aliphatic rings. The van der Waals surface area contributed by atoms with Crippen LogP contribution in [0.3, 0.4) is 0 Å². The predicted octanol–water partition coefficient (Wildman–Crippen LogP) is 1.76. The van der Waals surface area contributed by atoms with Gasteiger partial charge in [0, 0.05) is 17.8 Å². The zero-order chi connectivity index (χ0) is 13.0. The van der Waals surface area contributed by atoms with Gasteiger partial charge >= 0.3 is 0 Å². The number of hydrogen-bond donors (Lipinski definition) is 0. The quantitative estimate of drug-likeness (QED) is 0.787. The van der Waals surface area contributed by atoms with Crippen molar-refractivity contribution in [1.29, 1.82) is 0 Å². The molecule has 0 spiro atoms. The molecule has 2 rings (SSSR count). The van der Waals surface area contributed by atoms with Gasteiger partial charge in [0.2, 0.25) is 0 Å². The van der Waals surface area contributed by atoms with Gasteiger partial charge in [0.1, 0.15) is 0 Å². The maximum Gasteiger partial charge on any atom is 0.0955 e. The van der Waals surface area contributed by atoms with E-state index in [0.717, 1.165) is 5.56 Å². The molecule has 1 unspecified atom stereocenters. The van der Waals surface area contributed by atoms with Gasteiger partial charge in [-0.25, -0.2) is 8.42 Å². The zero-order valence-corrected chi connectivity index (χ0v) is 10.4. The van der Waals surface area contributed by atoms with Crippen LogP contribution >= 0.6 is 0 Å². The van der Waals surface area contributed by atoms with Gasteiger partial charge in [0.25, 0.3) is 0 Å². The number of rotatable bonds is 4. The largest absolute Gasteiger partial charge is 0.748 e. The summed E-state index contributed by atoms with van der Waals surface area (Å²) in [5, 5.41) is 0. The van der Waals surface area contributed by atoms with Crippen molar-refractivity contribution >= 4 is 10.1 Å². The predicted molar refractivity (Wildman–Crippen MR) is 67.1 cm³/mol. The van der Waals surface area contributed by atoms with Crippen LogP contribution in [0.15, 0.2) is 54.7 Å². The van der Waals surface area contributed by atoms with Crippen LogP contribution in [0.1, 0.15) is 17.2 Å². The first-order valence-corrected chi connectivity index (χ1v) is 7.03. The van der Waals surface area contributed by atoms with E-state index in [1.165, 1.54) is 0 Å². The molecule has 0 N–H and O–H groups in total. The summed E-state index contributed by atoms with van der Waals surface area (Å²) >= 11 is 0. The Hall–Kier alpha value is -1.72. The molecule has 94 valence electrons. The van der Waals surface area contributed by atoms with Crippen LogP contribution in [-0.4, -0.2) is 23.7 Å². The van der Waals surface area contributed by atoms with Gasteiger partial charge in [0.15, 0.2) is 0 Å². The van der Waals surface area contributed by atoms with Gasteiger partial charge < -0.3 is 4.55 Å². The molecule has 0 amide bonds. The fraction of sp³-hybridized carbons (Fsp3) is 0.154. The lowest BCUT2D eigenvalue weighted by Gasteiger charge is -2.18. The van der Waals surface area contributed by atoms with Gasteiger partial charge in [-0.15, -0.1) is 0 Å². The maximum absolute atomic E-state index is 11.0. The zero-order valence-electron chi connectivity index (χ0n) is 9.56. The lowest BCUT2D eigenvalue weighted by Crippen LogP contribution is -2.16. The molecule has 0 radical (unpaired) electrons. The molecule has 18 heavy (non-hydrogen) atoms. The van der Waals surface area contributed by atoms with Crippen LogP contribution in [0.2, 0.25) is 0 Å². The summed E-state index contributed by atoms with van der Waals surface area (Å²) in [6.45, 7) is 0. The van der Waals surface area contributed by atoms with Crippen molar-refractivity contribution in [1.82, 2.24) is 4.98 Å². The number of hydrogen-bond acceptors (Lipinski definition) is 4. The Morgan fingerprint density at radius 2 is 1.72 bits per heavy atom. The number of nitrogens with zero attached hydrogens (tertiary/aromatic N) is 1. The van der Waals surface area contributed by atoms with Gasteiger partial charge in [-0.2, -0.15) is 0 Å². The third-order valence-electron chi connectivity index (χ3n) is 2.62. The fourth-order valence-electron chi connectivity index (χ4n) is 1.82. The van der Waals surface area contributed by atoms with Gasteiger partial charge in [0.05, 0.1) is 15.9 Å². The van der Waals surface area contributed by atoms with Crippen molar-refractivity contribution in [2.24, 2.45) is 0 Å². The van der Waals surface area contributed by atoms with Crippen LogP contribution in [0.25, 0.3) is 0 Å². The first-order valence-electron chi connectivity index (χ1n) is 5.46. The minimum Gasteiger partial charge on any atom is -0.748 e. The fourth-order valence-corrected chi connectivity index (χ4v) is 2.60. The molecule has 0 aliphatic heterocycles. The Bertz CT molecular complexity index is 557. The Balaban J connectivity index is 2.42. The summed E-state index contributed by atoms with van der Waals surface area (Å²) in [4.78, 5) is 4.14. The summed E-state index contributed by atoms with van der Waals surface area (Å²) in [6, 6.07) is 14.3. The Kier molecular flexibility index (Phi) is 3.74. The van der Waals surface area contributed by atoms with Crippen LogP contribution in [0, 0.1) is 0 Å². The summed E-state index contributed by atoms with van der Waals surface area (Å²) < 4.78 is 33.0. The average molecular weight is 262 g/mol. The second-order valence-corrected chi connectivity index (χ2v) is 5.39. The summed E-state index contributed by atoms with van der Waals surface area (Å²) in [7, 11) is -4.31. The van der Waals surface area contributed by atoms with E-state index in [9.17, 15) is 13.0 Å². The average Bonchev–Trinajstić information content (AvgIpc) is 2.37. The van der Waals surface area contributed by atoms with Gasteiger partial charge in [-0.1, -0.05) is 36.4 Å². The van der Waals surface area contributed by atoms with E-state index < -0.39 is 21.8 Å². The number of aromatic nitrogens is 1. The summed E-state index contributed by atoms with van der Waals surface area (Å²) in [5.74, 6) is -0.997. The third-order valence-corrected chi connectivity index (χ3v) is 3.36. The third kappa shape index (κ3) is 3.38. The normalized spacial score (nSPS) is 13.2. The SMILES string of the molecule is O=S(=O)([O-])CC(c1ccccc1)c1ccccn1. The van der Waals surface area contributed by atoms with Crippen molar-refractivity contribution in [3.8, 4) is 0 Å². The van der Waals surface area contributed by atoms with Crippen molar-refractivity contribution in [2.45, 2.75) is 5.92 Å². The highest BCUT2D eigenvalue weighted by Crippen LogP contribution is 2.24. The first-order chi connectivity index (χ1) is 8.56. The molecule has 1 aromatic heterocycles. The van der Waals surface area contributed by atoms with Crippen LogP contribution in [0.4, 0.5) is 0 Å². The van der Waals surface area contributed by atoms with E-state index in [1.807, 2.05) is 18.2 Å². The lowest BCUT2D eigenvalue weighted by atomic mass is 9.97. The topological polar surface area (TPSA) is 70.1 Å². The Morgan fingerprint density at radius 1 is 1.06 bits per heavy atom. The van der Waals surface area contributed by atoms with E-state index in [-0.39, 0.29) is 0 Å². The van der Waals surface area contributed by atoms with Crippen molar-refractivity contribution in [3.05, 3.63) is 66.0 Å². The summed E-state index contributed by atoms with van der Waals surface area (Å²) in [6.07, 6.45) is 1.59. The molecule has 0 saturated carbocycles. The second kappa shape index (κ2) is 5.29. The highest BCUT2D eigenvalue weighted by molar-refractivity contribution is 7.85. The minimum atomic E-state index is -4.31. The molecule has 0 fully saturated rings. The number of benzene rings is 1. The Morgan fingerprint density at radius 3 is 2.28 bits per heavy atom. The molecular formula is C13H12NO3S-. The lowest BCUT2D eigenvalue weighted by molar-refractivity contribution is 0.460. The van der Waals surface area contributed by atoms with Gasteiger partial charge in [-0.05, 0) is 17.7 Å². The van der Waals surface area contributed by atoms with Crippen LogP contribution in [0.5, 0.6) is 0 Å². The van der Waals surface area contributed by atoms with Gasteiger partial charge in [-0.3, -0.25) is 4.98 Å². The molecule has 0 aliphatic carbocycles. The maximum atomic E-state index is 11.0. The highest BCUT2D eigenvalue weighted by Gasteiger charge is 2.17. The standard InChI is InChI=1S/C13H13NO3S/c15-18(16,17)10-12(11-6-2-1-3-7-11)13-8-4-5-9-14-13/h1-9,12H,10H2,(H,15,16,17)/p-1. The van der Waals surface area contributed by atoms with Crippen LogP contribution in [-0.2, 0) is 10.1 Å². The second-order valence-electron chi connectivity index (χ2n) is 3.94. The van der Waals surface area contributed by atoms with E-state index in [4.69, 9.17) is 0 Å². The molecule has 2 aromatic rings. The molecule has 0 bridgehead atoms. The van der Waals surface area contributed by atoms with Crippen LogP contribution < -0.4 is 0 Å². The molecule has 4 nitrogen and oxygen atoms in total. The smallest absolute Gasteiger partial charge is 0.0955 e. The molecule has 5 heteroatoms. The molecular weight excluding hydrogens is 250 g/mol. The minimum absolute atomic E-state index is 0.478. The first kappa shape index (κ1) is 12.7. The van der Waals surface area contributed by atoms with Crippen molar-refractivity contribution in [2.75, 3.05) is 5.75 Å². The molecule has 0 saturated heterocycles. The number of pyridine rings is 1.